The van der Waals surface area contributed by atoms with Gasteiger partial charge in [-0.2, -0.15) is 5.26 Å². The highest BCUT2D eigenvalue weighted by molar-refractivity contribution is 5.37. The molecule has 0 unspecified atom stereocenters. The number of ether oxygens (including phenoxy) is 2. The Morgan fingerprint density at radius 3 is 2.35 bits per heavy atom. The van der Waals surface area contributed by atoms with Crippen molar-refractivity contribution < 1.29 is 9.47 Å². The zero-order chi connectivity index (χ0) is 12.1. The molecule has 0 radical (unpaired) electrons. The van der Waals surface area contributed by atoms with Gasteiger partial charge < -0.3 is 9.47 Å². The van der Waals surface area contributed by atoms with Crippen LogP contribution >= 0.6 is 0 Å². The van der Waals surface area contributed by atoms with Crippen LogP contribution in [0.15, 0.2) is 36.7 Å². The first-order valence-corrected chi connectivity index (χ1v) is 4.86. The van der Waals surface area contributed by atoms with Crippen LogP contribution < -0.4 is 9.47 Å². The molecule has 5 heteroatoms. The van der Waals surface area contributed by atoms with Crippen molar-refractivity contribution >= 4 is 0 Å². The van der Waals surface area contributed by atoms with Crippen LogP contribution in [0.2, 0.25) is 0 Å². The average molecular weight is 227 g/mol. The second kappa shape index (κ2) is 4.94. The van der Waals surface area contributed by atoms with Gasteiger partial charge in [0.2, 0.25) is 5.69 Å². The van der Waals surface area contributed by atoms with Crippen LogP contribution in [0.1, 0.15) is 5.69 Å². The Kier molecular flexibility index (Phi) is 3.17. The summed E-state index contributed by atoms with van der Waals surface area (Å²) in [5, 5.41) is 8.83. The lowest BCUT2D eigenvalue weighted by Crippen LogP contribution is -1.93. The van der Waals surface area contributed by atoms with E-state index in [1.165, 1.54) is 12.4 Å². The summed E-state index contributed by atoms with van der Waals surface area (Å²) in [6.07, 6.45) is 2.92. The second-order valence-electron chi connectivity index (χ2n) is 3.10. The number of benzene rings is 1. The minimum Gasteiger partial charge on any atom is -0.497 e. The molecule has 1 aromatic carbocycles. The number of nitriles is 1. The summed E-state index contributed by atoms with van der Waals surface area (Å²) in [6.45, 7) is 0. The van der Waals surface area contributed by atoms with Crippen LogP contribution in [0.5, 0.6) is 17.4 Å². The van der Waals surface area contributed by atoms with E-state index in [1.54, 1.807) is 31.4 Å². The Morgan fingerprint density at radius 1 is 1.06 bits per heavy atom. The third kappa shape index (κ3) is 2.49. The molecule has 0 saturated heterocycles. The number of rotatable bonds is 3. The van der Waals surface area contributed by atoms with Gasteiger partial charge in [-0.1, -0.05) is 0 Å². The molecule has 0 aliphatic carbocycles. The fourth-order valence-corrected chi connectivity index (χ4v) is 1.23. The lowest BCUT2D eigenvalue weighted by molar-refractivity contribution is 0.412. The van der Waals surface area contributed by atoms with Gasteiger partial charge in [0, 0.05) is 12.4 Å². The number of hydrogen-bond donors (Lipinski definition) is 0. The predicted molar refractivity (Wildman–Crippen MR) is 59.8 cm³/mol. The third-order valence-electron chi connectivity index (χ3n) is 2.04. The van der Waals surface area contributed by atoms with E-state index in [4.69, 9.17) is 14.7 Å². The summed E-state index contributed by atoms with van der Waals surface area (Å²) < 4.78 is 10.5. The summed E-state index contributed by atoms with van der Waals surface area (Å²) >= 11 is 0. The van der Waals surface area contributed by atoms with E-state index in [2.05, 4.69) is 9.97 Å². The summed E-state index contributed by atoms with van der Waals surface area (Å²) in [5.41, 5.74) is 0.156. The SMILES string of the molecule is COc1ccc(Oc2nccnc2C#N)cc1. The Balaban J connectivity index is 2.23. The van der Waals surface area contributed by atoms with Crippen LogP contribution in [0.4, 0.5) is 0 Å². The number of nitrogens with zero attached hydrogens (tertiary/aromatic N) is 3. The van der Waals surface area contributed by atoms with E-state index in [0.717, 1.165) is 5.75 Å². The number of hydrogen-bond acceptors (Lipinski definition) is 5. The van der Waals surface area contributed by atoms with Gasteiger partial charge >= 0.3 is 0 Å². The van der Waals surface area contributed by atoms with Crippen molar-refractivity contribution in [2.45, 2.75) is 0 Å². The monoisotopic (exact) mass is 227 g/mol. The van der Waals surface area contributed by atoms with Gasteiger partial charge in [-0.15, -0.1) is 0 Å². The number of aromatic nitrogens is 2. The zero-order valence-electron chi connectivity index (χ0n) is 9.12. The first-order valence-electron chi connectivity index (χ1n) is 4.86. The van der Waals surface area contributed by atoms with Gasteiger partial charge in [0.05, 0.1) is 7.11 Å². The van der Waals surface area contributed by atoms with E-state index in [0.29, 0.717) is 5.75 Å². The van der Waals surface area contributed by atoms with Crippen molar-refractivity contribution in [3.8, 4) is 23.4 Å². The molecule has 0 bridgehead atoms. The highest BCUT2D eigenvalue weighted by atomic mass is 16.5. The Morgan fingerprint density at radius 2 is 1.71 bits per heavy atom. The van der Waals surface area contributed by atoms with Gasteiger partial charge in [-0.05, 0) is 24.3 Å². The van der Waals surface area contributed by atoms with Crippen LogP contribution in [0.25, 0.3) is 0 Å². The molecule has 2 aromatic rings. The summed E-state index contributed by atoms with van der Waals surface area (Å²) in [6, 6.07) is 8.90. The van der Waals surface area contributed by atoms with E-state index >= 15 is 0 Å². The van der Waals surface area contributed by atoms with Crippen molar-refractivity contribution in [3.05, 3.63) is 42.4 Å². The molecule has 1 heterocycles. The largest absolute Gasteiger partial charge is 0.497 e. The molecule has 0 amide bonds. The molecule has 1 aromatic heterocycles. The maximum absolute atomic E-state index is 8.83. The molecule has 0 atom stereocenters. The molecule has 0 spiro atoms. The van der Waals surface area contributed by atoms with Gasteiger partial charge in [0.15, 0.2) is 0 Å². The summed E-state index contributed by atoms with van der Waals surface area (Å²) in [4.78, 5) is 7.80. The minimum atomic E-state index is 0.156. The fourth-order valence-electron chi connectivity index (χ4n) is 1.23. The standard InChI is InChI=1S/C12H9N3O2/c1-16-9-2-4-10(5-3-9)17-12-11(8-13)14-6-7-15-12/h2-7H,1H3. The lowest BCUT2D eigenvalue weighted by atomic mass is 10.3. The topological polar surface area (TPSA) is 68.0 Å². The second-order valence-corrected chi connectivity index (χ2v) is 3.10. The molecule has 0 aliphatic heterocycles. The van der Waals surface area contributed by atoms with E-state index in [-0.39, 0.29) is 11.6 Å². The average Bonchev–Trinajstić information content (AvgIpc) is 2.40. The van der Waals surface area contributed by atoms with E-state index in [9.17, 15) is 0 Å². The maximum atomic E-state index is 8.83. The van der Waals surface area contributed by atoms with Gasteiger partial charge in [-0.25, -0.2) is 9.97 Å². The molecule has 0 fully saturated rings. The highest BCUT2D eigenvalue weighted by Gasteiger charge is 2.06. The van der Waals surface area contributed by atoms with Crippen molar-refractivity contribution in [2.75, 3.05) is 7.11 Å². The van der Waals surface area contributed by atoms with Crippen LogP contribution in [0.3, 0.4) is 0 Å². The summed E-state index contributed by atoms with van der Waals surface area (Å²) in [7, 11) is 1.59. The molecular formula is C12H9N3O2. The number of methoxy groups -OCH3 is 1. The predicted octanol–water partition coefficient (Wildman–Crippen LogP) is 2.15. The summed E-state index contributed by atoms with van der Waals surface area (Å²) in [5.74, 6) is 1.50. The van der Waals surface area contributed by atoms with E-state index in [1.807, 2.05) is 6.07 Å². The van der Waals surface area contributed by atoms with Crippen LogP contribution in [-0.4, -0.2) is 17.1 Å². The normalized spacial score (nSPS) is 9.41. The third-order valence-corrected chi connectivity index (χ3v) is 2.04. The van der Waals surface area contributed by atoms with Crippen molar-refractivity contribution in [1.82, 2.24) is 9.97 Å². The smallest absolute Gasteiger partial charge is 0.256 e. The Hall–Kier alpha value is -2.61. The van der Waals surface area contributed by atoms with Gasteiger partial charge in [0.25, 0.3) is 5.88 Å². The quantitative estimate of drug-likeness (QED) is 0.803. The van der Waals surface area contributed by atoms with Crippen molar-refractivity contribution in [2.24, 2.45) is 0 Å². The fraction of sp³-hybridized carbons (Fsp3) is 0.0833. The molecule has 0 N–H and O–H groups in total. The lowest BCUT2D eigenvalue weighted by Gasteiger charge is -2.05. The molecule has 84 valence electrons. The molecule has 2 rings (SSSR count). The maximum Gasteiger partial charge on any atom is 0.256 e. The zero-order valence-corrected chi connectivity index (χ0v) is 9.12. The first-order chi connectivity index (χ1) is 8.33. The van der Waals surface area contributed by atoms with Crippen LogP contribution in [0, 0.1) is 11.3 Å². The van der Waals surface area contributed by atoms with Crippen LogP contribution in [-0.2, 0) is 0 Å². The highest BCUT2D eigenvalue weighted by Crippen LogP contribution is 2.23. The molecule has 0 saturated carbocycles. The molecule has 5 nitrogen and oxygen atoms in total. The van der Waals surface area contributed by atoms with Gasteiger partial charge in [-0.3, -0.25) is 0 Å². The molecule has 17 heavy (non-hydrogen) atoms. The first kappa shape index (κ1) is 10.9. The van der Waals surface area contributed by atoms with Crippen molar-refractivity contribution in [3.63, 3.8) is 0 Å². The Bertz CT molecular complexity index is 546. The molecular weight excluding hydrogens is 218 g/mol. The van der Waals surface area contributed by atoms with Gasteiger partial charge in [0.1, 0.15) is 17.6 Å². The Labute approximate surface area is 98.3 Å². The van der Waals surface area contributed by atoms with Crippen molar-refractivity contribution in [1.29, 1.82) is 5.26 Å². The molecule has 0 aliphatic rings. The minimum absolute atomic E-state index is 0.156. The van der Waals surface area contributed by atoms with E-state index < -0.39 is 0 Å².